The SMILES string of the molecule is COC(=O)c1ccccc1-c1ccccc1-c1cccc(C2(C(=O)OC)c3ccccc3-c3ccccc32)c1. The highest BCUT2D eigenvalue weighted by Crippen LogP contribution is 2.53. The molecule has 0 fully saturated rings. The summed E-state index contributed by atoms with van der Waals surface area (Å²) in [6.45, 7) is 0. The van der Waals surface area contributed by atoms with Gasteiger partial charge in [0, 0.05) is 0 Å². The monoisotopic (exact) mass is 510 g/mol. The quantitative estimate of drug-likeness (QED) is 0.233. The summed E-state index contributed by atoms with van der Waals surface area (Å²) in [6.07, 6.45) is 0. The molecule has 4 nitrogen and oxygen atoms in total. The second kappa shape index (κ2) is 9.73. The summed E-state index contributed by atoms with van der Waals surface area (Å²) in [4.78, 5) is 26.5. The van der Waals surface area contributed by atoms with Crippen molar-refractivity contribution in [3.05, 3.63) is 144 Å². The van der Waals surface area contributed by atoms with Crippen molar-refractivity contribution in [3.63, 3.8) is 0 Å². The van der Waals surface area contributed by atoms with Crippen molar-refractivity contribution in [2.75, 3.05) is 14.2 Å². The van der Waals surface area contributed by atoms with Gasteiger partial charge in [0.1, 0.15) is 5.41 Å². The summed E-state index contributed by atoms with van der Waals surface area (Å²) in [6, 6.07) is 39.5. The minimum Gasteiger partial charge on any atom is -0.468 e. The van der Waals surface area contributed by atoms with Crippen molar-refractivity contribution in [1.82, 2.24) is 0 Å². The van der Waals surface area contributed by atoms with E-state index >= 15 is 0 Å². The lowest BCUT2D eigenvalue weighted by molar-refractivity contribution is -0.144. The Kier molecular flexibility index (Phi) is 6.08. The van der Waals surface area contributed by atoms with E-state index in [1.54, 1.807) is 6.07 Å². The number of ether oxygens (including phenoxy) is 2. The molecule has 0 N–H and O–H groups in total. The van der Waals surface area contributed by atoms with Crippen molar-refractivity contribution in [1.29, 1.82) is 0 Å². The number of rotatable bonds is 5. The molecule has 0 heterocycles. The summed E-state index contributed by atoms with van der Waals surface area (Å²) in [5, 5.41) is 0. The van der Waals surface area contributed by atoms with Crippen LogP contribution in [0.3, 0.4) is 0 Å². The van der Waals surface area contributed by atoms with Gasteiger partial charge in [0.15, 0.2) is 0 Å². The molecule has 0 aliphatic heterocycles. The Morgan fingerprint density at radius 2 is 1.08 bits per heavy atom. The molecule has 4 heteroatoms. The fourth-order valence-electron chi connectivity index (χ4n) is 5.93. The second-order valence-electron chi connectivity index (χ2n) is 9.50. The van der Waals surface area contributed by atoms with Crippen LogP contribution in [-0.4, -0.2) is 26.2 Å². The van der Waals surface area contributed by atoms with Gasteiger partial charge >= 0.3 is 11.9 Å². The van der Waals surface area contributed by atoms with E-state index in [2.05, 4.69) is 18.2 Å². The first-order valence-electron chi connectivity index (χ1n) is 12.8. The maximum absolute atomic E-state index is 13.9. The zero-order chi connectivity index (χ0) is 27.0. The van der Waals surface area contributed by atoms with Crippen LogP contribution in [0.5, 0.6) is 0 Å². The van der Waals surface area contributed by atoms with E-state index in [4.69, 9.17) is 9.47 Å². The summed E-state index contributed by atoms with van der Waals surface area (Å²) >= 11 is 0. The molecule has 0 unspecified atom stereocenters. The molecule has 0 bridgehead atoms. The normalized spacial score (nSPS) is 12.8. The topological polar surface area (TPSA) is 52.6 Å². The highest BCUT2D eigenvalue weighted by Gasteiger charge is 2.51. The van der Waals surface area contributed by atoms with Crippen LogP contribution in [0.1, 0.15) is 27.0 Å². The molecule has 0 aromatic heterocycles. The third-order valence-electron chi connectivity index (χ3n) is 7.60. The minimum atomic E-state index is -1.11. The zero-order valence-corrected chi connectivity index (χ0v) is 21.7. The molecule has 5 aromatic rings. The van der Waals surface area contributed by atoms with Crippen molar-refractivity contribution in [2.24, 2.45) is 0 Å². The number of carbonyl (C=O) groups is 2. The maximum atomic E-state index is 13.9. The van der Waals surface area contributed by atoms with E-state index in [0.29, 0.717) is 5.56 Å². The van der Waals surface area contributed by atoms with Gasteiger partial charge in [-0.05, 0) is 62.2 Å². The number of hydrogen-bond acceptors (Lipinski definition) is 4. The molecule has 0 spiro atoms. The van der Waals surface area contributed by atoms with Gasteiger partial charge in [-0.15, -0.1) is 0 Å². The Balaban J connectivity index is 1.60. The highest BCUT2D eigenvalue weighted by atomic mass is 16.5. The van der Waals surface area contributed by atoms with Gasteiger partial charge in [0.25, 0.3) is 0 Å². The smallest absolute Gasteiger partial charge is 0.338 e. The summed E-state index contributed by atoms with van der Waals surface area (Å²) in [5.74, 6) is -0.723. The van der Waals surface area contributed by atoms with Crippen LogP contribution < -0.4 is 0 Å². The van der Waals surface area contributed by atoms with Gasteiger partial charge in [-0.25, -0.2) is 4.79 Å². The zero-order valence-electron chi connectivity index (χ0n) is 21.7. The Bertz CT molecular complexity index is 1690. The Hall–Kier alpha value is -4.96. The average Bonchev–Trinajstić information content (AvgIpc) is 3.31. The van der Waals surface area contributed by atoms with Crippen molar-refractivity contribution < 1.29 is 19.1 Å². The second-order valence-corrected chi connectivity index (χ2v) is 9.50. The standard InChI is InChI=1S/C35H26O4/c1-38-33(36)30-19-6-5-16-27(30)26-15-4-3-14-25(26)23-12-11-13-24(22-23)35(34(37)39-2)31-20-9-7-17-28(31)29-18-8-10-21-32(29)35/h3-22H,1-2H3. The number of benzene rings is 5. The molecule has 0 radical (unpaired) electrons. The molecule has 1 aliphatic carbocycles. The Morgan fingerprint density at radius 1 is 0.538 bits per heavy atom. The molecule has 1 aliphatic rings. The lowest BCUT2D eigenvalue weighted by Gasteiger charge is -2.30. The average molecular weight is 511 g/mol. The summed E-state index contributed by atoms with van der Waals surface area (Å²) in [7, 11) is 2.83. The van der Waals surface area contributed by atoms with E-state index < -0.39 is 11.4 Å². The lowest BCUT2D eigenvalue weighted by atomic mass is 9.72. The molecule has 190 valence electrons. The third-order valence-corrected chi connectivity index (χ3v) is 7.60. The van der Waals surface area contributed by atoms with Crippen LogP contribution in [-0.2, 0) is 19.7 Å². The first-order chi connectivity index (χ1) is 19.1. The van der Waals surface area contributed by atoms with Crippen molar-refractivity contribution >= 4 is 11.9 Å². The number of hydrogen-bond donors (Lipinski definition) is 0. The van der Waals surface area contributed by atoms with Crippen LogP contribution in [0, 0.1) is 0 Å². The van der Waals surface area contributed by atoms with Crippen molar-refractivity contribution in [3.8, 4) is 33.4 Å². The molecular weight excluding hydrogens is 484 g/mol. The van der Waals surface area contributed by atoms with Crippen molar-refractivity contribution in [2.45, 2.75) is 5.41 Å². The van der Waals surface area contributed by atoms with Gasteiger partial charge in [0.05, 0.1) is 19.8 Å². The Morgan fingerprint density at radius 3 is 1.69 bits per heavy atom. The van der Waals surface area contributed by atoms with Crippen LogP contribution >= 0.6 is 0 Å². The predicted octanol–water partition coefficient (Wildman–Crippen LogP) is 7.30. The van der Waals surface area contributed by atoms with Crippen LogP contribution in [0.25, 0.3) is 33.4 Å². The van der Waals surface area contributed by atoms with Gasteiger partial charge in [-0.2, -0.15) is 0 Å². The number of methoxy groups -OCH3 is 2. The molecule has 5 aromatic carbocycles. The largest absolute Gasteiger partial charge is 0.468 e. The molecule has 0 amide bonds. The molecule has 39 heavy (non-hydrogen) atoms. The van der Waals surface area contributed by atoms with E-state index in [-0.39, 0.29) is 5.97 Å². The molecule has 0 saturated carbocycles. The molecular formula is C35H26O4. The third kappa shape index (κ3) is 3.68. The first kappa shape index (κ1) is 24.4. The molecule has 0 atom stereocenters. The number of esters is 2. The van der Waals surface area contributed by atoms with Gasteiger partial charge in [0.2, 0.25) is 0 Å². The maximum Gasteiger partial charge on any atom is 0.338 e. The number of fused-ring (bicyclic) bond motifs is 3. The van der Waals surface area contributed by atoms with E-state index in [1.807, 2.05) is 97.1 Å². The van der Waals surface area contributed by atoms with E-state index in [0.717, 1.165) is 50.1 Å². The summed E-state index contributed by atoms with van der Waals surface area (Å²) in [5.41, 5.74) is 7.60. The van der Waals surface area contributed by atoms with Crippen LogP contribution in [0.15, 0.2) is 121 Å². The highest BCUT2D eigenvalue weighted by molar-refractivity contribution is 6.02. The van der Waals surface area contributed by atoms with Gasteiger partial charge in [-0.1, -0.05) is 109 Å². The van der Waals surface area contributed by atoms with Gasteiger partial charge < -0.3 is 9.47 Å². The summed E-state index contributed by atoms with van der Waals surface area (Å²) < 4.78 is 10.6. The van der Waals surface area contributed by atoms with Crippen LogP contribution in [0.4, 0.5) is 0 Å². The number of carbonyl (C=O) groups excluding carboxylic acids is 2. The Labute approximate surface area is 227 Å². The predicted molar refractivity (Wildman–Crippen MR) is 152 cm³/mol. The first-order valence-corrected chi connectivity index (χ1v) is 12.8. The molecule has 6 rings (SSSR count). The van der Waals surface area contributed by atoms with E-state index in [9.17, 15) is 9.59 Å². The molecule has 0 saturated heterocycles. The van der Waals surface area contributed by atoms with Gasteiger partial charge in [-0.3, -0.25) is 4.79 Å². The fourth-order valence-corrected chi connectivity index (χ4v) is 5.93. The minimum absolute atomic E-state index is 0.332. The fraction of sp³-hybridized carbons (Fsp3) is 0.0857. The lowest BCUT2D eigenvalue weighted by Crippen LogP contribution is -2.37. The van der Waals surface area contributed by atoms with Crippen LogP contribution in [0.2, 0.25) is 0 Å². The van der Waals surface area contributed by atoms with E-state index in [1.165, 1.54) is 14.2 Å².